The van der Waals surface area contributed by atoms with Crippen molar-refractivity contribution in [3.8, 4) is 5.75 Å². The summed E-state index contributed by atoms with van der Waals surface area (Å²) in [5.74, 6) is 0.617. The van der Waals surface area contributed by atoms with Gasteiger partial charge in [-0.25, -0.2) is 0 Å². The number of carbonyl (C=O) groups excluding carboxylic acids is 1. The Morgan fingerprint density at radius 2 is 2.00 bits per heavy atom. The summed E-state index contributed by atoms with van der Waals surface area (Å²) in [6.07, 6.45) is 3.24. The quantitative estimate of drug-likeness (QED) is 0.622. The van der Waals surface area contributed by atoms with E-state index in [4.69, 9.17) is 16.3 Å². The van der Waals surface area contributed by atoms with Gasteiger partial charge in [-0.15, -0.1) is 0 Å². The Kier molecular flexibility index (Phi) is 7.40. The van der Waals surface area contributed by atoms with E-state index in [1.807, 2.05) is 30.3 Å². The van der Waals surface area contributed by atoms with E-state index in [1.165, 1.54) is 0 Å². The van der Waals surface area contributed by atoms with Gasteiger partial charge in [-0.3, -0.25) is 4.79 Å². The Morgan fingerprint density at radius 3 is 2.62 bits per heavy atom. The normalized spacial score (nSPS) is 16.3. The predicted molar refractivity (Wildman–Crippen MR) is 121 cm³/mol. The molecule has 6 heteroatoms. The fourth-order valence-corrected chi connectivity index (χ4v) is 3.76. The third kappa shape index (κ3) is 5.64. The highest BCUT2D eigenvalue weighted by molar-refractivity contribution is 6.33. The number of nitrogens with one attached hydrogen (secondary N) is 1. The molecule has 1 aliphatic heterocycles. The monoisotopic (exact) mass is 415 g/mol. The van der Waals surface area contributed by atoms with Crippen LogP contribution in [0.4, 0.5) is 11.4 Å². The van der Waals surface area contributed by atoms with Crippen molar-refractivity contribution >= 4 is 28.9 Å². The maximum atomic E-state index is 12.5. The number of ether oxygens (including phenoxy) is 1. The number of unbranched alkanes of at least 4 members (excludes halogenated alkanes) is 1. The lowest BCUT2D eigenvalue weighted by Crippen LogP contribution is -2.31. The minimum atomic E-state index is -0.164. The molecule has 156 valence electrons. The van der Waals surface area contributed by atoms with E-state index < -0.39 is 0 Å². The molecule has 1 atom stereocenters. The molecule has 0 saturated carbocycles. The number of halogens is 1. The maximum absolute atomic E-state index is 12.5. The average molecular weight is 416 g/mol. The molecule has 0 spiro atoms. The molecule has 5 nitrogen and oxygen atoms in total. The Labute approximate surface area is 178 Å². The Bertz CT molecular complexity index is 823. The fourth-order valence-electron chi connectivity index (χ4n) is 3.46. The van der Waals surface area contributed by atoms with E-state index in [-0.39, 0.29) is 5.91 Å². The Balaban J connectivity index is 1.60. The van der Waals surface area contributed by atoms with Crippen LogP contribution >= 0.6 is 11.6 Å². The minimum absolute atomic E-state index is 0.164. The van der Waals surface area contributed by atoms with Crippen molar-refractivity contribution in [2.45, 2.75) is 32.2 Å². The number of carbonyl (C=O) groups is 1. The summed E-state index contributed by atoms with van der Waals surface area (Å²) in [6.45, 7) is 4.77. The molecular formula is C23H30ClN3O2. The first-order valence-electron chi connectivity index (χ1n) is 10.2. The molecule has 0 radical (unpaired) electrons. The summed E-state index contributed by atoms with van der Waals surface area (Å²) in [7, 11) is 4.22. The smallest absolute Gasteiger partial charge is 0.255 e. The predicted octanol–water partition coefficient (Wildman–Crippen LogP) is 4.91. The molecule has 0 aliphatic carbocycles. The molecule has 1 fully saturated rings. The average Bonchev–Trinajstić information content (AvgIpc) is 3.19. The van der Waals surface area contributed by atoms with Crippen LogP contribution in [-0.4, -0.2) is 50.6 Å². The van der Waals surface area contributed by atoms with Gasteiger partial charge in [0.25, 0.3) is 5.91 Å². The molecule has 0 aromatic heterocycles. The molecule has 1 aliphatic rings. The molecule has 1 N–H and O–H groups in total. The van der Waals surface area contributed by atoms with E-state index in [0.29, 0.717) is 28.9 Å². The largest absolute Gasteiger partial charge is 0.494 e. The van der Waals surface area contributed by atoms with Crippen LogP contribution in [0.2, 0.25) is 5.02 Å². The molecule has 3 rings (SSSR count). The molecular weight excluding hydrogens is 386 g/mol. The number of hydrogen-bond acceptors (Lipinski definition) is 4. The lowest BCUT2D eigenvalue weighted by Gasteiger charge is -2.23. The number of anilines is 2. The van der Waals surface area contributed by atoms with Gasteiger partial charge < -0.3 is 19.9 Å². The minimum Gasteiger partial charge on any atom is -0.494 e. The van der Waals surface area contributed by atoms with Crippen molar-refractivity contribution in [2.75, 3.05) is 44.0 Å². The van der Waals surface area contributed by atoms with Gasteiger partial charge >= 0.3 is 0 Å². The zero-order valence-corrected chi connectivity index (χ0v) is 18.2. The van der Waals surface area contributed by atoms with Gasteiger partial charge in [0.2, 0.25) is 0 Å². The van der Waals surface area contributed by atoms with Gasteiger partial charge in [0.15, 0.2) is 0 Å². The second-order valence-electron chi connectivity index (χ2n) is 7.70. The van der Waals surface area contributed by atoms with Crippen LogP contribution in [-0.2, 0) is 0 Å². The summed E-state index contributed by atoms with van der Waals surface area (Å²) in [6, 6.07) is 13.5. The van der Waals surface area contributed by atoms with Gasteiger partial charge in [-0.2, -0.15) is 0 Å². The highest BCUT2D eigenvalue weighted by atomic mass is 35.5. The van der Waals surface area contributed by atoms with Crippen LogP contribution < -0.4 is 15.0 Å². The molecule has 1 amide bonds. The number of amides is 1. The van der Waals surface area contributed by atoms with Gasteiger partial charge in [0, 0.05) is 30.4 Å². The molecule has 2 aromatic carbocycles. The number of benzene rings is 2. The van der Waals surface area contributed by atoms with E-state index in [2.05, 4.69) is 36.1 Å². The molecule has 0 bridgehead atoms. The second kappa shape index (κ2) is 9.99. The number of likely N-dealkylation sites (N-methyl/N-ethyl adjacent to an activating group) is 1. The Hall–Kier alpha value is -2.24. The number of rotatable bonds is 8. The SMILES string of the molecule is CCCCOc1ccc(C(=O)Nc2ccc(N3CCC(N(C)C)C3)c(Cl)c2)cc1. The standard InChI is InChI=1S/C23H30ClN3O2/c1-4-5-14-29-20-9-6-17(7-10-20)23(28)25-18-8-11-22(21(24)15-18)27-13-12-19(16-27)26(2)3/h6-11,15,19H,4-5,12-14,16H2,1-3H3,(H,25,28). The highest BCUT2D eigenvalue weighted by Crippen LogP contribution is 2.32. The number of nitrogens with zero attached hydrogens (tertiary/aromatic N) is 2. The lowest BCUT2D eigenvalue weighted by molar-refractivity contribution is 0.102. The van der Waals surface area contributed by atoms with Crippen LogP contribution in [0.15, 0.2) is 42.5 Å². The van der Waals surface area contributed by atoms with Gasteiger partial charge in [0.05, 0.1) is 17.3 Å². The van der Waals surface area contributed by atoms with Crippen molar-refractivity contribution < 1.29 is 9.53 Å². The fraction of sp³-hybridized carbons (Fsp3) is 0.435. The first kappa shape index (κ1) is 21.5. The third-order valence-electron chi connectivity index (χ3n) is 5.32. The van der Waals surface area contributed by atoms with Crippen LogP contribution in [0, 0.1) is 0 Å². The molecule has 1 saturated heterocycles. The summed E-state index contributed by atoms with van der Waals surface area (Å²) in [5.41, 5.74) is 2.29. The maximum Gasteiger partial charge on any atom is 0.255 e. The molecule has 2 aromatic rings. The third-order valence-corrected chi connectivity index (χ3v) is 5.63. The van der Waals surface area contributed by atoms with E-state index >= 15 is 0 Å². The van der Waals surface area contributed by atoms with Crippen LogP contribution in [0.3, 0.4) is 0 Å². The van der Waals surface area contributed by atoms with Gasteiger partial charge in [0.1, 0.15) is 5.75 Å². The first-order valence-corrected chi connectivity index (χ1v) is 10.6. The summed E-state index contributed by atoms with van der Waals surface area (Å²) in [4.78, 5) is 17.1. The van der Waals surface area contributed by atoms with Crippen LogP contribution in [0.5, 0.6) is 5.75 Å². The molecule has 29 heavy (non-hydrogen) atoms. The van der Waals surface area contributed by atoms with Gasteiger partial charge in [-0.05, 0) is 69.4 Å². The van der Waals surface area contributed by atoms with Crippen LogP contribution in [0.25, 0.3) is 0 Å². The summed E-state index contributed by atoms with van der Waals surface area (Å²) < 4.78 is 5.64. The van der Waals surface area contributed by atoms with Crippen LogP contribution in [0.1, 0.15) is 36.5 Å². The van der Waals surface area contributed by atoms with Crippen molar-refractivity contribution in [3.63, 3.8) is 0 Å². The summed E-state index contributed by atoms with van der Waals surface area (Å²) in [5, 5.41) is 3.58. The lowest BCUT2D eigenvalue weighted by atomic mass is 10.2. The number of hydrogen-bond donors (Lipinski definition) is 1. The molecule has 1 heterocycles. The first-order chi connectivity index (χ1) is 14.0. The molecule has 1 unspecified atom stereocenters. The Morgan fingerprint density at radius 1 is 1.24 bits per heavy atom. The van der Waals surface area contributed by atoms with Crippen molar-refractivity contribution in [1.29, 1.82) is 0 Å². The van der Waals surface area contributed by atoms with Gasteiger partial charge in [-0.1, -0.05) is 24.9 Å². The zero-order valence-electron chi connectivity index (χ0n) is 17.5. The van der Waals surface area contributed by atoms with E-state index in [9.17, 15) is 4.79 Å². The van der Waals surface area contributed by atoms with Crippen molar-refractivity contribution in [1.82, 2.24) is 4.90 Å². The van der Waals surface area contributed by atoms with Crippen molar-refractivity contribution in [3.05, 3.63) is 53.1 Å². The zero-order chi connectivity index (χ0) is 20.8. The van der Waals surface area contributed by atoms with E-state index in [0.717, 1.165) is 43.8 Å². The second-order valence-corrected chi connectivity index (χ2v) is 8.11. The van der Waals surface area contributed by atoms with Crippen molar-refractivity contribution in [2.24, 2.45) is 0 Å². The summed E-state index contributed by atoms with van der Waals surface area (Å²) >= 11 is 6.52. The topological polar surface area (TPSA) is 44.8 Å². The van der Waals surface area contributed by atoms with E-state index in [1.54, 1.807) is 12.1 Å². The highest BCUT2D eigenvalue weighted by Gasteiger charge is 2.25.